The van der Waals surface area contributed by atoms with Crippen LogP contribution in [-0.4, -0.2) is 56.1 Å². The average molecular weight is 467 g/mol. The van der Waals surface area contributed by atoms with Crippen LogP contribution in [0, 0.1) is 23.7 Å². The van der Waals surface area contributed by atoms with Crippen molar-refractivity contribution >= 4 is 29.0 Å². The highest BCUT2D eigenvalue weighted by Gasteiger charge is 2.69. The lowest BCUT2D eigenvalue weighted by molar-refractivity contribution is -0.189. The number of Topliss-reactive ketones (excluding diaryl/α,β-unsaturated/α-hetero) is 4. The van der Waals surface area contributed by atoms with Gasteiger partial charge in [0, 0.05) is 18.3 Å². The summed E-state index contributed by atoms with van der Waals surface area (Å²) in [7, 11) is 0. The summed E-state index contributed by atoms with van der Waals surface area (Å²) in [6.07, 6.45) is -0.827. The molecule has 5 rings (SSSR count). The number of carbonyl (C=O) groups is 5. The van der Waals surface area contributed by atoms with E-state index in [-0.39, 0.29) is 16.9 Å². The smallest absolute Gasteiger partial charge is 0.235 e. The molecule has 0 radical (unpaired) electrons. The van der Waals surface area contributed by atoms with Crippen LogP contribution in [0.1, 0.15) is 35.2 Å². The van der Waals surface area contributed by atoms with E-state index < -0.39 is 82.5 Å². The van der Waals surface area contributed by atoms with Crippen LogP contribution in [0.25, 0.3) is 11.3 Å². The number of nitrogens with two attached hydrogens (primary N) is 1. The maximum Gasteiger partial charge on any atom is 0.235 e. The van der Waals surface area contributed by atoms with Crippen molar-refractivity contribution in [2.75, 3.05) is 0 Å². The minimum Gasteiger partial charge on any atom is -0.506 e. The number of fused-ring (bicyclic) bond motifs is 3. The van der Waals surface area contributed by atoms with Gasteiger partial charge >= 0.3 is 0 Å². The number of hydrogen-bond acceptors (Lipinski definition) is 9. The molecule has 5 N–H and O–H groups in total. The summed E-state index contributed by atoms with van der Waals surface area (Å²) in [5, 5.41) is 33.4. The van der Waals surface area contributed by atoms with E-state index in [1.54, 1.807) is 31.2 Å². The normalized spacial score (nSPS) is 34.9. The van der Waals surface area contributed by atoms with E-state index in [0.29, 0.717) is 5.56 Å². The Morgan fingerprint density at radius 1 is 1.15 bits per heavy atom. The number of carbonyl (C=O) groups excluding carboxylic acids is 5. The summed E-state index contributed by atoms with van der Waals surface area (Å²) >= 11 is 0. The van der Waals surface area contributed by atoms with Gasteiger partial charge in [0.05, 0.1) is 29.4 Å². The molecule has 34 heavy (non-hydrogen) atoms. The molecule has 3 aliphatic carbocycles. The van der Waals surface area contributed by atoms with Crippen LogP contribution in [0.3, 0.4) is 0 Å². The molecule has 1 aromatic carbocycles. The van der Waals surface area contributed by atoms with Gasteiger partial charge in [-0.25, -0.2) is 0 Å². The van der Waals surface area contributed by atoms with Gasteiger partial charge in [0.2, 0.25) is 5.91 Å². The quantitative estimate of drug-likeness (QED) is 0.445. The lowest BCUT2D eigenvalue weighted by Gasteiger charge is -2.52. The molecule has 2 unspecified atom stereocenters. The highest BCUT2D eigenvalue weighted by Crippen LogP contribution is 2.54. The first kappa shape index (κ1) is 22.2. The van der Waals surface area contributed by atoms with Gasteiger partial charge in [-0.3, -0.25) is 24.0 Å². The number of amides is 1. The van der Waals surface area contributed by atoms with Crippen molar-refractivity contribution in [2.24, 2.45) is 29.4 Å². The Morgan fingerprint density at radius 2 is 1.85 bits per heavy atom. The zero-order valence-corrected chi connectivity index (χ0v) is 17.9. The second-order valence-corrected chi connectivity index (χ2v) is 9.21. The molecule has 0 spiro atoms. The molecular formula is C24H21NO9. The third-order valence-electron chi connectivity index (χ3n) is 7.65. The molecule has 3 aliphatic rings. The fraction of sp³-hybridized carbons (Fsp3) is 0.375. The summed E-state index contributed by atoms with van der Waals surface area (Å²) in [5.74, 6) is -12.8. The molecule has 10 heteroatoms. The van der Waals surface area contributed by atoms with Gasteiger partial charge in [-0.2, -0.15) is 0 Å². The van der Waals surface area contributed by atoms with Crippen molar-refractivity contribution in [3.63, 3.8) is 0 Å². The molecular weight excluding hydrogens is 446 g/mol. The zero-order valence-electron chi connectivity index (χ0n) is 17.9. The fourth-order valence-corrected chi connectivity index (χ4v) is 5.99. The Bertz CT molecular complexity index is 1280. The Labute approximate surface area is 192 Å². The van der Waals surface area contributed by atoms with Crippen molar-refractivity contribution < 1.29 is 43.7 Å². The number of ketones is 4. The summed E-state index contributed by atoms with van der Waals surface area (Å²) < 4.78 is 5.30. The molecule has 1 aromatic heterocycles. The second-order valence-electron chi connectivity index (χ2n) is 9.21. The lowest BCUT2D eigenvalue weighted by Crippen LogP contribution is -2.72. The third-order valence-corrected chi connectivity index (χ3v) is 7.65. The first-order valence-electron chi connectivity index (χ1n) is 10.8. The van der Waals surface area contributed by atoms with Crippen molar-refractivity contribution in [1.29, 1.82) is 0 Å². The molecule has 7 atom stereocenters. The van der Waals surface area contributed by atoms with Gasteiger partial charge in [-0.05, 0) is 29.7 Å². The number of furan rings is 1. The number of aliphatic hydroxyl groups excluding tert-OH is 1. The lowest BCUT2D eigenvalue weighted by atomic mass is 9.50. The predicted molar refractivity (Wildman–Crippen MR) is 112 cm³/mol. The number of rotatable bonds is 2. The topological polar surface area (TPSA) is 185 Å². The summed E-state index contributed by atoms with van der Waals surface area (Å²) in [6.45, 7) is 1.65. The third kappa shape index (κ3) is 2.60. The molecule has 2 aromatic rings. The summed E-state index contributed by atoms with van der Waals surface area (Å²) in [6, 6.07) is 6.31. The van der Waals surface area contributed by atoms with Gasteiger partial charge in [0.15, 0.2) is 34.7 Å². The molecule has 0 bridgehead atoms. The van der Waals surface area contributed by atoms with E-state index in [2.05, 4.69) is 0 Å². The largest absolute Gasteiger partial charge is 0.506 e. The van der Waals surface area contributed by atoms with Gasteiger partial charge in [-0.15, -0.1) is 0 Å². The molecule has 0 saturated heterocycles. The van der Waals surface area contributed by atoms with E-state index >= 15 is 0 Å². The molecule has 176 valence electrons. The minimum atomic E-state index is -2.94. The molecule has 10 nitrogen and oxygen atoms in total. The van der Waals surface area contributed by atoms with Gasteiger partial charge in [0.1, 0.15) is 11.5 Å². The van der Waals surface area contributed by atoms with Crippen LogP contribution in [0.15, 0.2) is 34.9 Å². The minimum absolute atomic E-state index is 0.170. The number of hydrogen-bond donors (Lipinski definition) is 4. The number of phenols is 1. The molecule has 0 aliphatic heterocycles. The van der Waals surface area contributed by atoms with Crippen LogP contribution in [-0.2, 0) is 19.2 Å². The first-order chi connectivity index (χ1) is 16.0. The first-order valence-corrected chi connectivity index (χ1v) is 10.8. The number of primary amides is 1. The molecule has 1 amide bonds. The predicted octanol–water partition coefficient (Wildman–Crippen LogP) is 0.119. The summed E-state index contributed by atoms with van der Waals surface area (Å²) in [5.41, 5.74) is 2.64. The van der Waals surface area contributed by atoms with E-state index in [1.165, 1.54) is 6.26 Å². The highest BCUT2D eigenvalue weighted by molar-refractivity contribution is 6.31. The van der Waals surface area contributed by atoms with Crippen LogP contribution >= 0.6 is 0 Å². The Morgan fingerprint density at radius 3 is 2.47 bits per heavy atom. The number of aliphatic hydroxyl groups is 2. The van der Waals surface area contributed by atoms with E-state index in [9.17, 15) is 39.3 Å². The van der Waals surface area contributed by atoms with E-state index in [1.807, 2.05) is 0 Å². The standard InChI is InChI=1S/C24H21NO9/c1-8-9-4-5-10(13-3-2-6-34-13)18(27)15(9)20(29)17-14(8)19(28)11-7-12(26)16(23(25)32)21(30)24(11,33)22(17)31/h2-6,8,11,14,16-17,19,27-28,33H,7H2,1H3,(H2,25,32)/t8-,11+,14+,16?,17?,19+,24+/m0/s1. The molecule has 2 fully saturated rings. The highest BCUT2D eigenvalue weighted by atomic mass is 16.3. The van der Waals surface area contributed by atoms with Gasteiger partial charge < -0.3 is 25.5 Å². The monoisotopic (exact) mass is 467 g/mol. The molecule has 1 heterocycles. The van der Waals surface area contributed by atoms with Crippen LogP contribution < -0.4 is 5.73 Å². The van der Waals surface area contributed by atoms with E-state index in [4.69, 9.17) is 10.2 Å². The Balaban J connectivity index is 1.67. The van der Waals surface area contributed by atoms with Gasteiger partial charge in [0.25, 0.3) is 0 Å². The summed E-state index contributed by atoms with van der Waals surface area (Å²) in [4.78, 5) is 64.3. The van der Waals surface area contributed by atoms with E-state index in [0.717, 1.165) is 0 Å². The number of phenolic OH excluding ortho intramolecular Hbond substituents is 1. The molecule has 2 saturated carbocycles. The van der Waals surface area contributed by atoms with Crippen molar-refractivity contribution in [3.05, 3.63) is 41.7 Å². The van der Waals surface area contributed by atoms with Crippen LogP contribution in [0.5, 0.6) is 5.75 Å². The maximum absolute atomic E-state index is 13.6. The number of aromatic hydroxyl groups is 1. The zero-order chi connectivity index (χ0) is 24.7. The van der Waals surface area contributed by atoms with Crippen molar-refractivity contribution in [3.8, 4) is 17.1 Å². The Hall–Kier alpha value is -3.63. The maximum atomic E-state index is 13.6. The average Bonchev–Trinajstić information content (AvgIpc) is 3.31. The van der Waals surface area contributed by atoms with Crippen molar-refractivity contribution in [1.82, 2.24) is 0 Å². The van der Waals surface area contributed by atoms with Crippen molar-refractivity contribution in [2.45, 2.75) is 31.0 Å². The second kappa shape index (κ2) is 7.18. The Kier molecular flexibility index (Phi) is 4.68. The SMILES string of the molecule is C[C@H]1c2ccc(-c3ccco3)c(O)c2C(=O)C2C(=O)[C@]3(O)C(=O)C(C(N)=O)C(=O)C[C@@H]3[C@@H](O)[C@@H]21. The van der Waals surface area contributed by atoms with Gasteiger partial charge in [-0.1, -0.05) is 13.0 Å². The van der Waals surface area contributed by atoms with Crippen LogP contribution in [0.2, 0.25) is 0 Å². The number of benzene rings is 1. The fourth-order valence-electron chi connectivity index (χ4n) is 5.99. The van der Waals surface area contributed by atoms with Crippen LogP contribution in [0.4, 0.5) is 0 Å².